The molecule has 0 fully saturated rings. The van der Waals surface area contributed by atoms with Crippen molar-refractivity contribution in [2.24, 2.45) is 0 Å². The van der Waals surface area contributed by atoms with Crippen molar-refractivity contribution in [3.63, 3.8) is 0 Å². The molecule has 3 rings (SSSR count). The number of anilines is 2. The number of ether oxygens (including phenoxy) is 1. The summed E-state index contributed by atoms with van der Waals surface area (Å²) < 4.78 is 8.06. The smallest absolute Gasteiger partial charge is 0.226 e. The van der Waals surface area contributed by atoms with Crippen molar-refractivity contribution in [1.82, 2.24) is 19.5 Å². The van der Waals surface area contributed by atoms with Crippen LogP contribution in [0.2, 0.25) is 5.28 Å². The van der Waals surface area contributed by atoms with Gasteiger partial charge in [0.05, 0.1) is 23.6 Å². The molecule has 3 aromatic rings. The van der Waals surface area contributed by atoms with Crippen molar-refractivity contribution in [2.45, 2.75) is 19.9 Å². The Hall–Kier alpha value is -1.86. The number of hydrogen-bond acceptors (Lipinski definition) is 5. The van der Waals surface area contributed by atoms with E-state index in [-0.39, 0.29) is 11.3 Å². The van der Waals surface area contributed by atoms with Crippen molar-refractivity contribution in [3.8, 4) is 5.75 Å². The van der Waals surface area contributed by atoms with E-state index in [4.69, 9.17) is 16.3 Å². The molecule has 0 spiro atoms. The van der Waals surface area contributed by atoms with E-state index < -0.39 is 0 Å². The van der Waals surface area contributed by atoms with Crippen LogP contribution in [-0.2, 0) is 0 Å². The maximum Gasteiger partial charge on any atom is 0.226 e. The molecular weight excluding hydrogens is 382 g/mol. The summed E-state index contributed by atoms with van der Waals surface area (Å²) in [7, 11) is 1.62. The fourth-order valence-electron chi connectivity index (χ4n) is 2.25. The fraction of sp³-hybridized carbons (Fsp3) is 0.267. The van der Waals surface area contributed by atoms with Gasteiger partial charge < -0.3 is 14.6 Å². The lowest BCUT2D eigenvalue weighted by atomic mass is 10.3. The normalized spacial score (nSPS) is 11.2. The van der Waals surface area contributed by atoms with Crippen molar-refractivity contribution >= 4 is 50.2 Å². The minimum atomic E-state index is 0.168. The van der Waals surface area contributed by atoms with Gasteiger partial charge >= 0.3 is 0 Å². The second-order valence-corrected chi connectivity index (χ2v) is 6.34. The molecule has 1 aromatic carbocycles. The molecule has 0 unspecified atom stereocenters. The molecule has 0 aliphatic rings. The first kappa shape index (κ1) is 16.0. The number of nitrogens with one attached hydrogen (secondary N) is 1. The minimum absolute atomic E-state index is 0.168. The number of halogens is 2. The predicted molar refractivity (Wildman–Crippen MR) is 94.7 cm³/mol. The molecule has 0 amide bonds. The van der Waals surface area contributed by atoms with Gasteiger partial charge in [-0.05, 0) is 53.5 Å². The molecule has 0 radical (unpaired) electrons. The molecule has 0 saturated carbocycles. The van der Waals surface area contributed by atoms with E-state index >= 15 is 0 Å². The number of hydrogen-bond donors (Lipinski definition) is 1. The molecular formula is C15H15BrClN5O. The summed E-state index contributed by atoms with van der Waals surface area (Å²) in [5.74, 6) is 1.27. The largest absolute Gasteiger partial charge is 0.495 e. The van der Waals surface area contributed by atoms with E-state index in [1.165, 1.54) is 0 Å². The summed E-state index contributed by atoms with van der Waals surface area (Å²) in [6.45, 7) is 4.12. The van der Waals surface area contributed by atoms with E-state index in [0.717, 1.165) is 15.9 Å². The SMILES string of the molecule is COc1cccc(Nc2nc(Cl)nc3c2ncn3C(C)C)c1Br. The highest BCUT2D eigenvalue weighted by Gasteiger charge is 2.15. The lowest BCUT2D eigenvalue weighted by Crippen LogP contribution is -2.02. The molecule has 23 heavy (non-hydrogen) atoms. The topological polar surface area (TPSA) is 64.9 Å². The van der Waals surface area contributed by atoms with Gasteiger partial charge in [0.15, 0.2) is 17.0 Å². The zero-order chi connectivity index (χ0) is 16.6. The summed E-state index contributed by atoms with van der Waals surface area (Å²) in [5, 5.41) is 3.41. The molecule has 0 bridgehead atoms. The summed E-state index contributed by atoms with van der Waals surface area (Å²) in [4.78, 5) is 13.0. The van der Waals surface area contributed by atoms with Crippen LogP contribution in [0, 0.1) is 0 Å². The monoisotopic (exact) mass is 395 g/mol. The molecule has 0 saturated heterocycles. The van der Waals surface area contributed by atoms with Crippen LogP contribution >= 0.6 is 27.5 Å². The number of aromatic nitrogens is 4. The third-order valence-corrected chi connectivity index (χ3v) is 4.37. The Labute approximate surface area is 147 Å². The Morgan fingerprint density at radius 3 is 2.78 bits per heavy atom. The van der Waals surface area contributed by atoms with Gasteiger partial charge in [-0.25, -0.2) is 4.98 Å². The average molecular weight is 397 g/mol. The molecule has 2 aromatic heterocycles. The van der Waals surface area contributed by atoms with Gasteiger partial charge in [-0.2, -0.15) is 9.97 Å². The second-order valence-electron chi connectivity index (χ2n) is 5.21. The minimum Gasteiger partial charge on any atom is -0.495 e. The number of nitrogens with zero attached hydrogens (tertiary/aromatic N) is 4. The maximum absolute atomic E-state index is 6.08. The van der Waals surface area contributed by atoms with Crippen LogP contribution < -0.4 is 10.1 Å². The maximum atomic E-state index is 6.08. The van der Waals surface area contributed by atoms with Crippen LogP contribution in [0.1, 0.15) is 19.9 Å². The van der Waals surface area contributed by atoms with E-state index in [0.29, 0.717) is 17.0 Å². The van der Waals surface area contributed by atoms with Crippen LogP contribution in [0.15, 0.2) is 29.0 Å². The van der Waals surface area contributed by atoms with Crippen molar-refractivity contribution in [2.75, 3.05) is 12.4 Å². The summed E-state index contributed by atoms with van der Waals surface area (Å²) in [5.41, 5.74) is 2.17. The summed E-state index contributed by atoms with van der Waals surface area (Å²) in [6, 6.07) is 5.89. The Morgan fingerprint density at radius 1 is 1.30 bits per heavy atom. The number of benzene rings is 1. The number of fused-ring (bicyclic) bond motifs is 1. The Bertz CT molecular complexity index is 864. The van der Waals surface area contributed by atoms with Gasteiger partial charge in [0, 0.05) is 6.04 Å². The molecule has 6 nitrogen and oxygen atoms in total. The van der Waals surface area contributed by atoms with Gasteiger partial charge in [-0.3, -0.25) is 0 Å². The molecule has 120 valence electrons. The number of imidazole rings is 1. The van der Waals surface area contributed by atoms with Gasteiger partial charge in [-0.15, -0.1) is 0 Å². The highest BCUT2D eigenvalue weighted by molar-refractivity contribution is 9.10. The highest BCUT2D eigenvalue weighted by atomic mass is 79.9. The first-order valence-electron chi connectivity index (χ1n) is 7.01. The van der Waals surface area contributed by atoms with Crippen LogP contribution in [-0.4, -0.2) is 26.6 Å². The van der Waals surface area contributed by atoms with Crippen LogP contribution in [0.4, 0.5) is 11.5 Å². The van der Waals surface area contributed by atoms with Crippen LogP contribution in [0.5, 0.6) is 5.75 Å². The fourth-order valence-corrected chi connectivity index (χ4v) is 2.94. The Balaban J connectivity index is 2.10. The third-order valence-electron chi connectivity index (χ3n) is 3.39. The Kier molecular flexibility index (Phi) is 4.41. The van der Waals surface area contributed by atoms with Gasteiger partial charge in [-0.1, -0.05) is 6.07 Å². The lowest BCUT2D eigenvalue weighted by molar-refractivity contribution is 0.412. The zero-order valence-electron chi connectivity index (χ0n) is 12.8. The van der Waals surface area contributed by atoms with Crippen molar-refractivity contribution in [3.05, 3.63) is 34.3 Å². The quantitative estimate of drug-likeness (QED) is 0.654. The van der Waals surface area contributed by atoms with Crippen LogP contribution in [0.25, 0.3) is 11.2 Å². The van der Waals surface area contributed by atoms with Gasteiger partial charge in [0.1, 0.15) is 5.75 Å². The summed E-state index contributed by atoms with van der Waals surface area (Å²) in [6.07, 6.45) is 1.74. The molecule has 0 aliphatic heterocycles. The summed E-state index contributed by atoms with van der Waals surface area (Å²) >= 11 is 9.60. The second kappa shape index (κ2) is 6.33. The first-order chi connectivity index (χ1) is 11.0. The van der Waals surface area contributed by atoms with E-state index in [2.05, 4.69) is 50.0 Å². The molecule has 0 atom stereocenters. The molecule has 8 heteroatoms. The molecule has 2 heterocycles. The van der Waals surface area contributed by atoms with Gasteiger partial charge in [0.25, 0.3) is 0 Å². The predicted octanol–water partition coefficient (Wildman–Crippen LogP) is 4.58. The number of rotatable bonds is 4. The van der Waals surface area contributed by atoms with Crippen LogP contribution in [0.3, 0.4) is 0 Å². The highest BCUT2D eigenvalue weighted by Crippen LogP contribution is 2.35. The molecule has 1 N–H and O–H groups in total. The number of methoxy groups -OCH3 is 1. The average Bonchev–Trinajstić information content (AvgIpc) is 2.93. The standard InChI is InChI=1S/C15H15BrClN5O/c1-8(2)22-7-18-12-13(20-15(17)21-14(12)22)19-9-5-4-6-10(23-3)11(9)16/h4-8H,1-3H3,(H,19,20,21). The van der Waals surface area contributed by atoms with Crippen molar-refractivity contribution in [1.29, 1.82) is 0 Å². The van der Waals surface area contributed by atoms with E-state index in [9.17, 15) is 0 Å². The first-order valence-corrected chi connectivity index (χ1v) is 8.18. The zero-order valence-corrected chi connectivity index (χ0v) is 15.2. The van der Waals surface area contributed by atoms with Gasteiger partial charge in [0.2, 0.25) is 5.28 Å². The Morgan fingerprint density at radius 2 is 2.09 bits per heavy atom. The lowest BCUT2D eigenvalue weighted by Gasteiger charge is -2.12. The van der Waals surface area contributed by atoms with E-state index in [1.807, 2.05) is 22.8 Å². The van der Waals surface area contributed by atoms with E-state index in [1.54, 1.807) is 13.4 Å². The van der Waals surface area contributed by atoms with Crippen molar-refractivity contribution < 1.29 is 4.74 Å². The molecule has 0 aliphatic carbocycles. The third kappa shape index (κ3) is 2.98.